The summed E-state index contributed by atoms with van der Waals surface area (Å²) in [7, 11) is 1.58. The van der Waals surface area contributed by atoms with Crippen LogP contribution in [-0.4, -0.2) is 22.2 Å². The number of fused-ring (bicyclic) bond motifs is 1. The van der Waals surface area contributed by atoms with Gasteiger partial charge in [-0.1, -0.05) is 0 Å². The average Bonchev–Trinajstić information content (AvgIpc) is 2.83. The van der Waals surface area contributed by atoms with Crippen LogP contribution in [0, 0.1) is 5.82 Å². The minimum absolute atomic E-state index is 0.0209. The SMILES string of the molecule is COc1ccc2nc(-c3cc(F)ccc3O)[nH]c2c1. The van der Waals surface area contributed by atoms with Crippen LogP contribution in [0.15, 0.2) is 36.4 Å². The summed E-state index contributed by atoms with van der Waals surface area (Å²) in [4.78, 5) is 7.36. The second-order valence-corrected chi connectivity index (χ2v) is 4.13. The van der Waals surface area contributed by atoms with E-state index < -0.39 is 5.82 Å². The summed E-state index contributed by atoms with van der Waals surface area (Å²) in [5.74, 6) is 0.671. The fraction of sp³-hybridized carbons (Fsp3) is 0.0714. The standard InChI is InChI=1S/C14H11FN2O2/c1-19-9-3-4-11-12(7-9)17-14(16-11)10-6-8(15)2-5-13(10)18/h2-7,18H,1H3,(H,16,17). The molecule has 0 bridgehead atoms. The Morgan fingerprint density at radius 2 is 2.05 bits per heavy atom. The van der Waals surface area contributed by atoms with E-state index in [1.54, 1.807) is 25.3 Å². The summed E-state index contributed by atoms with van der Waals surface area (Å²) in [6.45, 7) is 0. The highest BCUT2D eigenvalue weighted by atomic mass is 19.1. The molecule has 3 aromatic rings. The molecule has 0 saturated heterocycles. The normalized spacial score (nSPS) is 10.8. The van der Waals surface area contributed by atoms with Gasteiger partial charge in [0, 0.05) is 6.07 Å². The van der Waals surface area contributed by atoms with Gasteiger partial charge in [0.05, 0.1) is 23.7 Å². The zero-order chi connectivity index (χ0) is 13.4. The summed E-state index contributed by atoms with van der Waals surface area (Å²) < 4.78 is 18.4. The second kappa shape index (κ2) is 4.28. The van der Waals surface area contributed by atoms with Gasteiger partial charge in [-0.15, -0.1) is 0 Å². The molecule has 0 amide bonds. The number of ether oxygens (including phenoxy) is 1. The maximum atomic E-state index is 13.2. The number of halogens is 1. The predicted molar refractivity (Wildman–Crippen MR) is 69.7 cm³/mol. The van der Waals surface area contributed by atoms with Crippen molar-refractivity contribution in [3.05, 3.63) is 42.2 Å². The molecule has 0 aliphatic rings. The van der Waals surface area contributed by atoms with Crippen LogP contribution < -0.4 is 4.74 Å². The number of hydrogen-bond acceptors (Lipinski definition) is 3. The van der Waals surface area contributed by atoms with E-state index in [2.05, 4.69) is 9.97 Å². The van der Waals surface area contributed by atoms with Crippen LogP contribution in [0.1, 0.15) is 0 Å². The molecule has 0 radical (unpaired) electrons. The zero-order valence-corrected chi connectivity index (χ0v) is 10.1. The average molecular weight is 258 g/mol. The molecular formula is C14H11FN2O2. The highest BCUT2D eigenvalue weighted by molar-refractivity contribution is 5.81. The van der Waals surface area contributed by atoms with E-state index in [-0.39, 0.29) is 5.75 Å². The fourth-order valence-electron chi connectivity index (χ4n) is 1.94. The minimum Gasteiger partial charge on any atom is -0.507 e. The molecule has 96 valence electrons. The lowest BCUT2D eigenvalue weighted by Crippen LogP contribution is -1.83. The number of imidazole rings is 1. The maximum absolute atomic E-state index is 13.2. The molecular weight excluding hydrogens is 247 g/mol. The van der Waals surface area contributed by atoms with Crippen LogP contribution in [0.3, 0.4) is 0 Å². The number of benzene rings is 2. The number of aromatic hydroxyl groups is 1. The Morgan fingerprint density at radius 1 is 1.21 bits per heavy atom. The molecule has 0 aliphatic carbocycles. The van der Waals surface area contributed by atoms with Crippen LogP contribution in [0.4, 0.5) is 4.39 Å². The van der Waals surface area contributed by atoms with Crippen LogP contribution in [0.5, 0.6) is 11.5 Å². The van der Waals surface area contributed by atoms with E-state index in [1.807, 2.05) is 0 Å². The van der Waals surface area contributed by atoms with Crippen molar-refractivity contribution in [1.29, 1.82) is 0 Å². The number of phenolic OH excluding ortho intramolecular Hbond substituents is 1. The number of nitrogens with zero attached hydrogens (tertiary/aromatic N) is 1. The van der Waals surface area contributed by atoms with Gasteiger partial charge in [-0.05, 0) is 30.3 Å². The quantitative estimate of drug-likeness (QED) is 0.742. The van der Waals surface area contributed by atoms with Crippen molar-refractivity contribution in [2.75, 3.05) is 7.11 Å². The van der Waals surface area contributed by atoms with Gasteiger partial charge in [-0.25, -0.2) is 9.37 Å². The molecule has 0 unspecified atom stereocenters. The summed E-state index contributed by atoms with van der Waals surface area (Å²) >= 11 is 0. The van der Waals surface area contributed by atoms with Gasteiger partial charge in [-0.2, -0.15) is 0 Å². The Bertz CT molecular complexity index is 752. The highest BCUT2D eigenvalue weighted by Crippen LogP contribution is 2.30. The van der Waals surface area contributed by atoms with Gasteiger partial charge in [0.25, 0.3) is 0 Å². The first-order chi connectivity index (χ1) is 9.17. The third-order valence-corrected chi connectivity index (χ3v) is 2.90. The predicted octanol–water partition coefficient (Wildman–Crippen LogP) is 3.08. The lowest BCUT2D eigenvalue weighted by Gasteiger charge is -2.00. The molecule has 2 N–H and O–H groups in total. The summed E-state index contributed by atoms with van der Waals surface area (Å²) in [6.07, 6.45) is 0. The summed E-state index contributed by atoms with van der Waals surface area (Å²) in [6, 6.07) is 9.12. The fourth-order valence-corrected chi connectivity index (χ4v) is 1.94. The topological polar surface area (TPSA) is 58.1 Å². The number of phenols is 1. The zero-order valence-electron chi connectivity index (χ0n) is 10.1. The molecule has 2 aromatic carbocycles. The van der Waals surface area contributed by atoms with Crippen molar-refractivity contribution in [3.8, 4) is 22.9 Å². The Morgan fingerprint density at radius 3 is 2.84 bits per heavy atom. The number of methoxy groups -OCH3 is 1. The molecule has 1 aromatic heterocycles. The summed E-state index contributed by atoms with van der Waals surface area (Å²) in [5.41, 5.74) is 1.81. The number of aromatic amines is 1. The molecule has 0 aliphatic heterocycles. The van der Waals surface area contributed by atoms with E-state index in [1.165, 1.54) is 18.2 Å². The number of H-pyrrole nitrogens is 1. The molecule has 1 heterocycles. The number of rotatable bonds is 2. The molecule has 5 heteroatoms. The lowest BCUT2D eigenvalue weighted by molar-refractivity contribution is 0.415. The van der Waals surface area contributed by atoms with Crippen LogP contribution in [-0.2, 0) is 0 Å². The number of nitrogens with one attached hydrogen (secondary N) is 1. The van der Waals surface area contributed by atoms with Crippen LogP contribution >= 0.6 is 0 Å². The van der Waals surface area contributed by atoms with Crippen molar-refractivity contribution in [2.45, 2.75) is 0 Å². The van der Waals surface area contributed by atoms with Crippen molar-refractivity contribution < 1.29 is 14.2 Å². The monoisotopic (exact) mass is 258 g/mol. The minimum atomic E-state index is -0.425. The van der Waals surface area contributed by atoms with Gasteiger partial charge < -0.3 is 14.8 Å². The lowest BCUT2D eigenvalue weighted by atomic mass is 10.2. The molecule has 3 rings (SSSR count). The Hall–Kier alpha value is -2.56. The first kappa shape index (κ1) is 11.5. The van der Waals surface area contributed by atoms with Crippen LogP contribution in [0.2, 0.25) is 0 Å². The number of aromatic nitrogens is 2. The van der Waals surface area contributed by atoms with Crippen LogP contribution in [0.25, 0.3) is 22.4 Å². The van der Waals surface area contributed by atoms with Gasteiger partial charge in [0.1, 0.15) is 23.1 Å². The number of hydrogen-bond donors (Lipinski definition) is 2. The highest BCUT2D eigenvalue weighted by Gasteiger charge is 2.11. The first-order valence-electron chi connectivity index (χ1n) is 5.70. The van der Waals surface area contributed by atoms with Gasteiger partial charge in [0.2, 0.25) is 0 Å². The van der Waals surface area contributed by atoms with Crippen molar-refractivity contribution in [1.82, 2.24) is 9.97 Å². The largest absolute Gasteiger partial charge is 0.507 e. The van der Waals surface area contributed by atoms with Gasteiger partial charge in [0.15, 0.2) is 0 Å². The van der Waals surface area contributed by atoms with E-state index in [0.717, 1.165) is 11.0 Å². The van der Waals surface area contributed by atoms with E-state index >= 15 is 0 Å². The third kappa shape index (κ3) is 1.99. The molecule has 4 nitrogen and oxygen atoms in total. The maximum Gasteiger partial charge on any atom is 0.142 e. The smallest absolute Gasteiger partial charge is 0.142 e. The molecule has 0 saturated carbocycles. The summed E-state index contributed by atoms with van der Waals surface area (Å²) in [5, 5.41) is 9.76. The van der Waals surface area contributed by atoms with Gasteiger partial charge >= 0.3 is 0 Å². The Kier molecular flexibility index (Phi) is 2.59. The Balaban J connectivity index is 2.17. The Labute approximate surface area is 108 Å². The molecule has 19 heavy (non-hydrogen) atoms. The first-order valence-corrected chi connectivity index (χ1v) is 5.70. The molecule has 0 atom stereocenters. The van der Waals surface area contributed by atoms with Crippen molar-refractivity contribution in [2.24, 2.45) is 0 Å². The van der Waals surface area contributed by atoms with E-state index in [0.29, 0.717) is 17.1 Å². The van der Waals surface area contributed by atoms with E-state index in [4.69, 9.17) is 4.74 Å². The van der Waals surface area contributed by atoms with E-state index in [9.17, 15) is 9.50 Å². The van der Waals surface area contributed by atoms with Gasteiger partial charge in [-0.3, -0.25) is 0 Å². The second-order valence-electron chi connectivity index (χ2n) is 4.13. The molecule has 0 fully saturated rings. The third-order valence-electron chi connectivity index (χ3n) is 2.90. The van der Waals surface area contributed by atoms with Crippen molar-refractivity contribution in [3.63, 3.8) is 0 Å². The van der Waals surface area contributed by atoms with Crippen molar-refractivity contribution >= 4 is 11.0 Å². The molecule has 0 spiro atoms.